The van der Waals surface area contributed by atoms with Gasteiger partial charge in [0.05, 0.1) is 17.2 Å². The van der Waals surface area contributed by atoms with Crippen LogP contribution in [0.5, 0.6) is 17.2 Å². The first-order chi connectivity index (χ1) is 14.7. The van der Waals surface area contributed by atoms with Gasteiger partial charge in [0, 0.05) is 17.7 Å². The molecule has 5 N–H and O–H groups in total. The zero-order valence-corrected chi connectivity index (χ0v) is 17.1. The van der Waals surface area contributed by atoms with E-state index in [1.54, 1.807) is 13.8 Å². The van der Waals surface area contributed by atoms with E-state index in [4.69, 9.17) is 4.74 Å². The summed E-state index contributed by atoms with van der Waals surface area (Å²) in [6.07, 6.45) is -3.12. The standard InChI is InChI=1S/C23H24O8/c1-9-6-13-17(21(29)16-12(19(13)27)4-3-5-14(16)25)22(30)23(9)31-15-7-11(8-24)10(2)18(26)20(15)28/h3-6,10-11,15,18,20,24-26,28,30H,7-8H2,1-2H3/t10-,11?,15-,18?,20-/m0/s1. The number of phenolic OH excluding ortho intramolecular Hbond substituents is 2. The van der Waals surface area contributed by atoms with Gasteiger partial charge >= 0.3 is 0 Å². The van der Waals surface area contributed by atoms with Crippen molar-refractivity contribution in [3.8, 4) is 17.2 Å². The molecule has 0 saturated heterocycles. The van der Waals surface area contributed by atoms with Crippen molar-refractivity contribution in [3.05, 3.63) is 52.1 Å². The maximum atomic E-state index is 13.1. The third kappa shape index (κ3) is 3.18. The first kappa shape index (κ1) is 21.3. The predicted molar refractivity (Wildman–Crippen MR) is 109 cm³/mol. The van der Waals surface area contributed by atoms with Crippen molar-refractivity contribution in [2.75, 3.05) is 6.61 Å². The molecule has 0 amide bonds. The van der Waals surface area contributed by atoms with E-state index in [-0.39, 0.29) is 58.6 Å². The first-order valence-electron chi connectivity index (χ1n) is 10.1. The summed E-state index contributed by atoms with van der Waals surface area (Å²) in [5.41, 5.74) is -0.0566. The van der Waals surface area contributed by atoms with Crippen LogP contribution in [0.3, 0.4) is 0 Å². The Hall–Kier alpha value is -2.94. The molecule has 1 fully saturated rings. The number of benzene rings is 2. The number of hydrogen-bond acceptors (Lipinski definition) is 8. The number of ketones is 2. The van der Waals surface area contributed by atoms with Crippen LogP contribution in [0.15, 0.2) is 24.3 Å². The van der Waals surface area contributed by atoms with Crippen molar-refractivity contribution in [2.24, 2.45) is 11.8 Å². The largest absolute Gasteiger partial charge is 0.507 e. The highest BCUT2D eigenvalue weighted by Crippen LogP contribution is 2.44. The molecular formula is C23H24O8. The van der Waals surface area contributed by atoms with Crippen LogP contribution in [0.2, 0.25) is 0 Å². The summed E-state index contributed by atoms with van der Waals surface area (Å²) >= 11 is 0. The molecule has 0 heterocycles. The van der Waals surface area contributed by atoms with Crippen molar-refractivity contribution in [3.63, 3.8) is 0 Å². The molecule has 0 radical (unpaired) electrons. The Morgan fingerprint density at radius 2 is 1.74 bits per heavy atom. The van der Waals surface area contributed by atoms with Gasteiger partial charge in [-0.05, 0) is 42.9 Å². The Morgan fingerprint density at radius 1 is 1.03 bits per heavy atom. The lowest BCUT2D eigenvalue weighted by Crippen LogP contribution is -2.52. The number of ether oxygens (including phenoxy) is 1. The Labute approximate surface area is 178 Å². The molecule has 0 bridgehead atoms. The predicted octanol–water partition coefficient (Wildman–Crippen LogP) is 1.30. The van der Waals surface area contributed by atoms with Crippen molar-refractivity contribution >= 4 is 11.6 Å². The van der Waals surface area contributed by atoms with E-state index in [0.717, 1.165) is 0 Å². The van der Waals surface area contributed by atoms with Gasteiger partial charge in [0.1, 0.15) is 18.0 Å². The fourth-order valence-electron chi connectivity index (χ4n) is 4.55. The van der Waals surface area contributed by atoms with E-state index in [1.165, 1.54) is 24.3 Å². The molecule has 8 nitrogen and oxygen atoms in total. The summed E-state index contributed by atoms with van der Waals surface area (Å²) in [7, 11) is 0. The third-order valence-electron chi connectivity index (χ3n) is 6.48. The van der Waals surface area contributed by atoms with E-state index in [9.17, 15) is 35.1 Å². The number of carbonyl (C=O) groups excluding carboxylic acids is 2. The van der Waals surface area contributed by atoms with Gasteiger partial charge in [0.25, 0.3) is 0 Å². The number of fused-ring (bicyclic) bond motifs is 2. The van der Waals surface area contributed by atoms with Crippen molar-refractivity contribution < 1.29 is 39.9 Å². The van der Waals surface area contributed by atoms with Gasteiger partial charge in [-0.2, -0.15) is 0 Å². The van der Waals surface area contributed by atoms with Crippen LogP contribution in [-0.4, -0.2) is 62.0 Å². The van der Waals surface area contributed by atoms with E-state index in [2.05, 4.69) is 0 Å². The SMILES string of the molecule is Cc1cc2c(c(O)c1O[C@H]1CC(CO)[C@H](C)C(O)[C@H]1O)C(=O)c1c(O)cccc1C2=O. The number of aliphatic hydroxyl groups is 3. The van der Waals surface area contributed by atoms with Gasteiger partial charge in [-0.25, -0.2) is 0 Å². The van der Waals surface area contributed by atoms with Gasteiger partial charge in [0.15, 0.2) is 17.3 Å². The molecule has 8 heteroatoms. The molecule has 2 aromatic rings. The minimum Gasteiger partial charge on any atom is -0.507 e. The van der Waals surface area contributed by atoms with Crippen LogP contribution in [0.25, 0.3) is 0 Å². The molecule has 2 aliphatic carbocycles. The molecule has 4 rings (SSSR count). The quantitative estimate of drug-likeness (QED) is 0.420. The van der Waals surface area contributed by atoms with E-state index in [0.29, 0.717) is 5.56 Å². The summed E-state index contributed by atoms with van der Waals surface area (Å²) in [5.74, 6) is -2.92. The number of hydrogen-bond donors (Lipinski definition) is 5. The second kappa shape index (κ2) is 7.64. The maximum absolute atomic E-state index is 13.1. The monoisotopic (exact) mass is 428 g/mol. The Bertz CT molecular complexity index is 1070. The number of phenols is 2. The number of carbonyl (C=O) groups is 2. The van der Waals surface area contributed by atoms with Crippen LogP contribution >= 0.6 is 0 Å². The maximum Gasteiger partial charge on any atom is 0.202 e. The summed E-state index contributed by atoms with van der Waals surface area (Å²) in [6, 6.07) is 5.61. The molecule has 5 atom stereocenters. The second-order valence-corrected chi connectivity index (χ2v) is 8.33. The van der Waals surface area contributed by atoms with Crippen LogP contribution in [0, 0.1) is 18.8 Å². The number of aryl methyl sites for hydroxylation is 1. The normalized spacial score (nSPS) is 27.6. The molecule has 31 heavy (non-hydrogen) atoms. The molecule has 0 aromatic heterocycles. The second-order valence-electron chi connectivity index (χ2n) is 8.33. The fraction of sp³-hybridized carbons (Fsp3) is 0.391. The Balaban J connectivity index is 1.77. The molecule has 2 unspecified atom stereocenters. The Kier molecular flexibility index (Phi) is 5.25. The highest BCUT2D eigenvalue weighted by atomic mass is 16.5. The molecular weight excluding hydrogens is 404 g/mol. The summed E-state index contributed by atoms with van der Waals surface area (Å²) in [6.45, 7) is 3.10. The molecule has 164 valence electrons. The summed E-state index contributed by atoms with van der Waals surface area (Å²) < 4.78 is 5.85. The zero-order valence-electron chi connectivity index (χ0n) is 17.1. The summed E-state index contributed by atoms with van der Waals surface area (Å²) in [4.78, 5) is 26.0. The minimum absolute atomic E-state index is 0.00321. The molecule has 2 aliphatic rings. The van der Waals surface area contributed by atoms with Crippen LogP contribution in [0.4, 0.5) is 0 Å². The van der Waals surface area contributed by atoms with E-state index < -0.39 is 35.6 Å². The Morgan fingerprint density at radius 3 is 2.42 bits per heavy atom. The zero-order chi connectivity index (χ0) is 22.6. The van der Waals surface area contributed by atoms with Crippen molar-refractivity contribution in [2.45, 2.75) is 38.6 Å². The lowest BCUT2D eigenvalue weighted by molar-refractivity contribution is -0.124. The molecule has 1 saturated carbocycles. The van der Waals surface area contributed by atoms with Gasteiger partial charge in [-0.3, -0.25) is 9.59 Å². The smallest absolute Gasteiger partial charge is 0.202 e. The lowest BCUT2D eigenvalue weighted by atomic mass is 9.75. The van der Waals surface area contributed by atoms with E-state index >= 15 is 0 Å². The molecule has 0 aliphatic heterocycles. The lowest BCUT2D eigenvalue weighted by Gasteiger charge is -2.41. The first-order valence-corrected chi connectivity index (χ1v) is 10.1. The number of aromatic hydroxyl groups is 2. The van der Waals surface area contributed by atoms with Gasteiger partial charge in [-0.1, -0.05) is 19.1 Å². The number of aliphatic hydroxyl groups excluding tert-OH is 3. The van der Waals surface area contributed by atoms with Gasteiger partial charge < -0.3 is 30.3 Å². The average molecular weight is 428 g/mol. The van der Waals surface area contributed by atoms with Crippen LogP contribution in [-0.2, 0) is 0 Å². The van der Waals surface area contributed by atoms with Gasteiger partial charge in [0.2, 0.25) is 5.78 Å². The fourth-order valence-corrected chi connectivity index (χ4v) is 4.55. The highest BCUT2D eigenvalue weighted by molar-refractivity contribution is 6.30. The number of rotatable bonds is 3. The van der Waals surface area contributed by atoms with Crippen LogP contribution < -0.4 is 4.74 Å². The molecule has 0 spiro atoms. The van der Waals surface area contributed by atoms with Gasteiger partial charge in [-0.15, -0.1) is 0 Å². The van der Waals surface area contributed by atoms with Crippen molar-refractivity contribution in [1.82, 2.24) is 0 Å². The molecule has 2 aromatic carbocycles. The van der Waals surface area contributed by atoms with Crippen LogP contribution in [0.1, 0.15) is 50.8 Å². The topological polar surface area (TPSA) is 145 Å². The average Bonchev–Trinajstić information content (AvgIpc) is 2.74. The van der Waals surface area contributed by atoms with Crippen molar-refractivity contribution in [1.29, 1.82) is 0 Å². The van der Waals surface area contributed by atoms with E-state index in [1.807, 2.05) is 0 Å². The third-order valence-corrected chi connectivity index (χ3v) is 6.48. The minimum atomic E-state index is -1.27. The summed E-state index contributed by atoms with van der Waals surface area (Å²) in [5, 5.41) is 51.4. The highest BCUT2D eigenvalue weighted by Gasteiger charge is 2.43.